The topological polar surface area (TPSA) is 9.86 Å². The van der Waals surface area contributed by atoms with Crippen LogP contribution in [0.5, 0.6) is 0 Å². The molecule has 4 heterocycles. The molecule has 0 amide bonds. The molecule has 0 aliphatic rings. The largest absolute Gasteiger partial charge is 0.309 e. The normalized spacial score (nSPS) is 12.2. The Balaban J connectivity index is 0.908. The van der Waals surface area contributed by atoms with Crippen LogP contribution in [0.4, 0.5) is 0 Å². The van der Waals surface area contributed by atoms with Crippen LogP contribution in [0.15, 0.2) is 206 Å². The van der Waals surface area contributed by atoms with Crippen molar-refractivity contribution in [3.8, 4) is 33.6 Å². The maximum Gasteiger partial charge on any atom is 0.0541 e. The molecule has 0 unspecified atom stereocenters. The summed E-state index contributed by atoms with van der Waals surface area (Å²) < 4.78 is 10.2. The lowest BCUT2D eigenvalue weighted by atomic mass is 9.91. The first kappa shape index (κ1) is 34.2. The van der Waals surface area contributed by atoms with E-state index in [1.54, 1.807) is 0 Å². The number of para-hydroxylation sites is 2. The third kappa shape index (κ3) is 4.90. The summed E-state index contributed by atoms with van der Waals surface area (Å²) >= 11 is 3.73. The van der Waals surface area contributed by atoms with Crippen molar-refractivity contribution >= 4 is 117 Å². The maximum absolute atomic E-state index is 2.44. The van der Waals surface area contributed by atoms with Crippen LogP contribution in [0.25, 0.3) is 128 Å². The molecule has 14 aromatic rings. The predicted octanol–water partition coefficient (Wildman–Crippen LogP) is 17.1. The van der Waals surface area contributed by atoms with Gasteiger partial charge < -0.3 is 9.13 Å². The van der Waals surface area contributed by atoms with Crippen LogP contribution in [-0.4, -0.2) is 9.13 Å². The third-order valence-corrected chi connectivity index (χ3v) is 15.4. The monoisotopic (exact) mass is 822 g/mol. The summed E-state index contributed by atoms with van der Waals surface area (Å²) in [4.78, 5) is 0. The van der Waals surface area contributed by atoms with Crippen molar-refractivity contribution in [1.82, 2.24) is 9.13 Å². The number of hydrogen-bond acceptors (Lipinski definition) is 2. The highest BCUT2D eigenvalue weighted by Gasteiger charge is 2.19. The van der Waals surface area contributed by atoms with Gasteiger partial charge in [-0.25, -0.2) is 0 Å². The van der Waals surface area contributed by atoms with Crippen LogP contribution in [0.2, 0.25) is 0 Å². The molecule has 0 aliphatic heterocycles. The predicted molar refractivity (Wildman–Crippen MR) is 269 cm³/mol. The fourth-order valence-electron chi connectivity index (χ4n) is 10.3. The fraction of sp³-hybridized carbons (Fsp3) is 0. The molecule has 2 nitrogen and oxygen atoms in total. The standard InChI is InChI=1S/C58H34N2S2/c1-2-12-42-40(36-22-28-54-48(32-36)44-14-4-8-18-52(44)60(54)38-24-30-58-50(34-38)46-16-6-10-20-56(46)62-58)26-25-39(41(42)11-1)35-21-27-53-47(31-35)43-13-3-7-17-51(43)59(53)37-23-29-57-49(33-37)45-15-5-9-19-55(45)61-57/h1-34H. The molecule has 62 heavy (non-hydrogen) atoms. The number of thiophene rings is 2. The minimum atomic E-state index is 1.19. The molecule has 0 aliphatic carbocycles. The second-order valence-corrected chi connectivity index (χ2v) is 18.6. The highest BCUT2D eigenvalue weighted by Crippen LogP contribution is 2.43. The summed E-state index contributed by atoms with van der Waals surface area (Å²) in [5, 5.41) is 12.8. The first-order valence-electron chi connectivity index (χ1n) is 21.2. The van der Waals surface area contributed by atoms with E-state index < -0.39 is 0 Å². The lowest BCUT2D eigenvalue weighted by Crippen LogP contribution is -1.93. The molecular weight excluding hydrogens is 789 g/mol. The number of aromatic nitrogens is 2. The minimum Gasteiger partial charge on any atom is -0.309 e. The fourth-order valence-corrected chi connectivity index (χ4v) is 12.5. The van der Waals surface area contributed by atoms with Gasteiger partial charge in [-0.05, 0) is 118 Å². The molecule has 4 aromatic heterocycles. The molecule has 10 aromatic carbocycles. The van der Waals surface area contributed by atoms with Crippen molar-refractivity contribution < 1.29 is 0 Å². The molecule has 288 valence electrons. The van der Waals surface area contributed by atoms with Crippen molar-refractivity contribution in [3.63, 3.8) is 0 Å². The summed E-state index contributed by atoms with van der Waals surface area (Å²) in [5.41, 5.74) is 12.2. The van der Waals surface area contributed by atoms with E-state index in [1.165, 1.54) is 128 Å². The molecule has 0 saturated heterocycles. The van der Waals surface area contributed by atoms with Gasteiger partial charge in [-0.3, -0.25) is 0 Å². The van der Waals surface area contributed by atoms with E-state index in [0.29, 0.717) is 0 Å². The van der Waals surface area contributed by atoms with E-state index in [-0.39, 0.29) is 0 Å². The Hall–Kier alpha value is -7.50. The molecule has 4 heteroatoms. The van der Waals surface area contributed by atoms with Gasteiger partial charge in [-0.2, -0.15) is 0 Å². The van der Waals surface area contributed by atoms with Gasteiger partial charge in [-0.1, -0.05) is 121 Å². The van der Waals surface area contributed by atoms with Gasteiger partial charge in [0, 0.05) is 73.3 Å². The van der Waals surface area contributed by atoms with Gasteiger partial charge >= 0.3 is 0 Å². The van der Waals surface area contributed by atoms with Crippen molar-refractivity contribution in [2.45, 2.75) is 0 Å². The zero-order valence-electron chi connectivity index (χ0n) is 33.3. The molecule has 0 saturated carbocycles. The van der Waals surface area contributed by atoms with Gasteiger partial charge in [0.25, 0.3) is 0 Å². The van der Waals surface area contributed by atoms with Crippen molar-refractivity contribution in [3.05, 3.63) is 206 Å². The Morgan fingerprint density at radius 1 is 0.242 bits per heavy atom. The second kappa shape index (κ2) is 13.0. The van der Waals surface area contributed by atoms with Gasteiger partial charge in [0.1, 0.15) is 0 Å². The lowest BCUT2D eigenvalue weighted by Gasteiger charge is -2.13. The molecule has 0 spiro atoms. The van der Waals surface area contributed by atoms with Gasteiger partial charge in [0.05, 0.1) is 22.1 Å². The Morgan fingerprint density at radius 2 is 0.613 bits per heavy atom. The number of nitrogens with zero attached hydrogens (tertiary/aromatic N) is 2. The number of benzene rings is 10. The summed E-state index contributed by atoms with van der Waals surface area (Å²) in [7, 11) is 0. The molecule has 0 fully saturated rings. The molecule has 0 bridgehead atoms. The Labute approximate surface area is 364 Å². The Bertz CT molecular complexity index is 3900. The average Bonchev–Trinajstić information content (AvgIpc) is 4.08. The van der Waals surface area contributed by atoms with Crippen LogP contribution >= 0.6 is 22.7 Å². The van der Waals surface area contributed by atoms with Crippen LogP contribution in [0, 0.1) is 0 Å². The third-order valence-electron chi connectivity index (χ3n) is 13.1. The van der Waals surface area contributed by atoms with E-state index in [4.69, 9.17) is 0 Å². The van der Waals surface area contributed by atoms with Gasteiger partial charge in [-0.15, -0.1) is 22.7 Å². The molecule has 0 N–H and O–H groups in total. The summed E-state index contributed by atoms with van der Waals surface area (Å²) in [6, 6.07) is 76.8. The number of rotatable bonds is 4. The molecule has 0 radical (unpaired) electrons. The average molecular weight is 823 g/mol. The summed E-state index contributed by atoms with van der Waals surface area (Å²) in [6.07, 6.45) is 0. The Morgan fingerprint density at radius 3 is 1.08 bits per heavy atom. The number of fused-ring (bicyclic) bond motifs is 13. The highest BCUT2D eigenvalue weighted by molar-refractivity contribution is 7.26. The lowest BCUT2D eigenvalue weighted by molar-refractivity contribution is 1.19. The van der Waals surface area contributed by atoms with Crippen LogP contribution in [0.1, 0.15) is 0 Å². The first-order chi connectivity index (χ1) is 30.7. The van der Waals surface area contributed by atoms with Crippen molar-refractivity contribution in [1.29, 1.82) is 0 Å². The van der Waals surface area contributed by atoms with Crippen LogP contribution < -0.4 is 0 Å². The van der Waals surface area contributed by atoms with E-state index in [9.17, 15) is 0 Å². The van der Waals surface area contributed by atoms with Gasteiger partial charge in [0.15, 0.2) is 0 Å². The zero-order valence-corrected chi connectivity index (χ0v) is 35.0. The minimum absolute atomic E-state index is 1.19. The van der Waals surface area contributed by atoms with Crippen LogP contribution in [-0.2, 0) is 0 Å². The second-order valence-electron chi connectivity index (χ2n) is 16.4. The summed E-state index contributed by atoms with van der Waals surface area (Å²) in [5.74, 6) is 0. The molecule has 0 atom stereocenters. The molecule has 14 rings (SSSR count). The number of hydrogen-bond donors (Lipinski definition) is 0. The first-order valence-corrected chi connectivity index (χ1v) is 22.8. The van der Waals surface area contributed by atoms with E-state index in [0.717, 1.165) is 0 Å². The van der Waals surface area contributed by atoms with E-state index >= 15 is 0 Å². The van der Waals surface area contributed by atoms with Crippen molar-refractivity contribution in [2.75, 3.05) is 0 Å². The smallest absolute Gasteiger partial charge is 0.0541 e. The van der Waals surface area contributed by atoms with Crippen molar-refractivity contribution in [2.24, 2.45) is 0 Å². The molecular formula is C58H34N2S2. The Kier molecular flexibility index (Phi) is 7.18. The van der Waals surface area contributed by atoms with Gasteiger partial charge in [0.2, 0.25) is 0 Å². The van der Waals surface area contributed by atoms with Crippen LogP contribution in [0.3, 0.4) is 0 Å². The zero-order chi connectivity index (χ0) is 40.5. The quantitative estimate of drug-likeness (QED) is 0.167. The SMILES string of the molecule is c1ccc2c(c1)sc1ccc(-n3c4ccccc4c4cc(-c5ccc(-c6ccc7c(c6)c6ccccc6n7-c6ccc7sc8ccccc8c7c6)c6ccccc56)ccc43)cc12. The van der Waals surface area contributed by atoms with E-state index in [2.05, 4.69) is 215 Å². The highest BCUT2D eigenvalue weighted by atomic mass is 32.1. The summed E-state index contributed by atoms with van der Waals surface area (Å²) in [6.45, 7) is 0. The van der Waals surface area contributed by atoms with E-state index in [1.807, 2.05) is 22.7 Å². The maximum atomic E-state index is 2.44.